The zero-order valence-corrected chi connectivity index (χ0v) is 20.3. The van der Waals surface area contributed by atoms with E-state index in [4.69, 9.17) is 0 Å². The van der Waals surface area contributed by atoms with Crippen LogP contribution in [0.15, 0.2) is 91.3 Å². The molecule has 1 saturated heterocycles. The quantitative estimate of drug-likeness (QED) is 0.427. The minimum absolute atomic E-state index is 0.173. The molecule has 2 N–H and O–H groups in total. The van der Waals surface area contributed by atoms with E-state index in [9.17, 15) is 5.11 Å². The largest absolute Gasteiger partial charge is 0.390 e. The van der Waals surface area contributed by atoms with Gasteiger partial charge in [0.05, 0.1) is 6.10 Å². The van der Waals surface area contributed by atoms with Crippen molar-refractivity contribution >= 4 is 17.3 Å². The third-order valence-corrected chi connectivity index (χ3v) is 7.43. The van der Waals surface area contributed by atoms with Crippen molar-refractivity contribution in [1.82, 2.24) is 14.9 Å². The summed E-state index contributed by atoms with van der Waals surface area (Å²) in [4.78, 5) is 13.6. The van der Waals surface area contributed by atoms with E-state index < -0.39 is 6.10 Å². The molecule has 0 aliphatic carbocycles. The minimum atomic E-state index is -0.422. The molecular formula is C30H31N5O. The van der Waals surface area contributed by atoms with Crippen molar-refractivity contribution in [3.05, 3.63) is 102 Å². The van der Waals surface area contributed by atoms with Crippen LogP contribution in [-0.4, -0.2) is 51.8 Å². The van der Waals surface area contributed by atoms with Gasteiger partial charge in [0.15, 0.2) is 0 Å². The number of para-hydroxylation sites is 1. The van der Waals surface area contributed by atoms with E-state index in [1.54, 1.807) is 6.33 Å². The summed E-state index contributed by atoms with van der Waals surface area (Å²) < 4.78 is 0. The SMILES string of the molecule is O[C@@H]1CN(c2cc(Nc3ccccc3-c3ccccc3)ncn2)CC[C@H]1N1CCc2ccccc2C1. The van der Waals surface area contributed by atoms with Crippen molar-refractivity contribution in [3.8, 4) is 11.1 Å². The zero-order valence-electron chi connectivity index (χ0n) is 20.3. The lowest BCUT2D eigenvalue weighted by molar-refractivity contribution is 0.0293. The lowest BCUT2D eigenvalue weighted by atomic mass is 9.94. The Morgan fingerprint density at radius 1 is 0.833 bits per heavy atom. The van der Waals surface area contributed by atoms with Gasteiger partial charge in [0.2, 0.25) is 0 Å². The minimum Gasteiger partial charge on any atom is -0.390 e. The van der Waals surface area contributed by atoms with E-state index in [1.807, 2.05) is 36.4 Å². The average molecular weight is 478 g/mol. The number of β-amino-alcohol motifs (C(OH)–C–C–N with tert-alkyl or cyclic N) is 1. The highest BCUT2D eigenvalue weighted by Gasteiger charge is 2.34. The summed E-state index contributed by atoms with van der Waals surface area (Å²) in [5, 5.41) is 14.6. The van der Waals surface area contributed by atoms with Crippen LogP contribution in [0.3, 0.4) is 0 Å². The summed E-state index contributed by atoms with van der Waals surface area (Å²) in [6.45, 7) is 3.35. The smallest absolute Gasteiger partial charge is 0.135 e. The van der Waals surface area contributed by atoms with Gasteiger partial charge in [-0.25, -0.2) is 9.97 Å². The van der Waals surface area contributed by atoms with Gasteiger partial charge in [-0.1, -0.05) is 72.8 Å². The second kappa shape index (κ2) is 10.1. The third kappa shape index (κ3) is 4.70. The van der Waals surface area contributed by atoms with Crippen molar-refractivity contribution in [2.45, 2.75) is 31.5 Å². The Bertz CT molecular complexity index is 1330. The highest BCUT2D eigenvalue weighted by Crippen LogP contribution is 2.31. The molecule has 3 aromatic carbocycles. The van der Waals surface area contributed by atoms with Crippen LogP contribution >= 0.6 is 0 Å². The predicted molar refractivity (Wildman–Crippen MR) is 144 cm³/mol. The molecule has 4 aromatic rings. The first-order chi connectivity index (χ1) is 17.7. The first kappa shape index (κ1) is 22.7. The standard InChI is InChI=1S/C30H31N5O/c36-28-20-35(17-15-27(28)34-16-14-22-8-4-5-11-24(22)19-34)30-18-29(31-21-32-30)33-26-13-7-6-12-25(26)23-9-2-1-3-10-23/h1-13,18,21,27-28,36H,14-17,19-20H2,(H,31,32,33)/t27-,28-/m1/s1. The number of rotatable bonds is 5. The third-order valence-electron chi connectivity index (χ3n) is 7.43. The molecule has 6 heteroatoms. The molecule has 182 valence electrons. The fourth-order valence-electron chi connectivity index (χ4n) is 5.54. The van der Waals surface area contributed by atoms with Crippen LogP contribution in [0.1, 0.15) is 17.5 Å². The molecule has 0 unspecified atom stereocenters. The summed E-state index contributed by atoms with van der Waals surface area (Å²) in [7, 11) is 0. The molecule has 6 rings (SSSR count). The van der Waals surface area contributed by atoms with Gasteiger partial charge in [0.1, 0.15) is 18.0 Å². The van der Waals surface area contributed by atoms with Crippen molar-refractivity contribution < 1.29 is 5.11 Å². The zero-order chi connectivity index (χ0) is 24.3. The maximum Gasteiger partial charge on any atom is 0.135 e. The summed E-state index contributed by atoms with van der Waals surface area (Å²) in [5.74, 6) is 1.58. The summed E-state index contributed by atoms with van der Waals surface area (Å²) in [6.07, 6.45) is 3.14. The van der Waals surface area contributed by atoms with E-state index in [-0.39, 0.29) is 6.04 Å². The Kier molecular flexibility index (Phi) is 6.36. The predicted octanol–water partition coefficient (Wildman–Crippen LogP) is 4.89. The second-order valence-corrected chi connectivity index (χ2v) is 9.66. The molecule has 2 aliphatic rings. The summed E-state index contributed by atoms with van der Waals surface area (Å²) in [5.41, 5.74) is 6.10. The van der Waals surface area contributed by atoms with Gasteiger partial charge in [-0.15, -0.1) is 0 Å². The maximum absolute atomic E-state index is 11.1. The fraction of sp³-hybridized carbons (Fsp3) is 0.267. The van der Waals surface area contributed by atoms with E-state index >= 15 is 0 Å². The molecule has 0 spiro atoms. The Morgan fingerprint density at radius 2 is 1.61 bits per heavy atom. The van der Waals surface area contributed by atoms with Crippen molar-refractivity contribution in [2.24, 2.45) is 0 Å². The molecule has 6 nitrogen and oxygen atoms in total. The Hall–Kier alpha value is -3.74. The van der Waals surface area contributed by atoms with Crippen LogP contribution in [0, 0.1) is 0 Å². The molecule has 36 heavy (non-hydrogen) atoms. The number of aliphatic hydroxyl groups is 1. The highest BCUT2D eigenvalue weighted by molar-refractivity contribution is 5.80. The number of nitrogens with zero attached hydrogens (tertiary/aromatic N) is 4. The molecule has 0 amide bonds. The fourth-order valence-corrected chi connectivity index (χ4v) is 5.54. The average Bonchev–Trinajstić information content (AvgIpc) is 2.94. The van der Waals surface area contributed by atoms with Gasteiger partial charge in [-0.05, 0) is 35.6 Å². The lowest BCUT2D eigenvalue weighted by Crippen LogP contribution is -2.55. The molecule has 2 atom stereocenters. The Balaban J connectivity index is 1.15. The van der Waals surface area contributed by atoms with Gasteiger partial charge < -0.3 is 15.3 Å². The summed E-state index contributed by atoms with van der Waals surface area (Å²) in [6, 6.07) is 29.4. The molecular weight excluding hydrogens is 446 g/mol. The van der Waals surface area contributed by atoms with Crippen LogP contribution in [0.25, 0.3) is 11.1 Å². The monoisotopic (exact) mass is 477 g/mol. The van der Waals surface area contributed by atoms with E-state index in [0.717, 1.165) is 60.9 Å². The van der Waals surface area contributed by atoms with E-state index in [1.165, 1.54) is 11.1 Å². The van der Waals surface area contributed by atoms with E-state index in [2.05, 4.69) is 73.6 Å². The molecule has 1 fully saturated rings. The first-order valence-corrected chi connectivity index (χ1v) is 12.7. The van der Waals surface area contributed by atoms with Crippen LogP contribution in [0.2, 0.25) is 0 Å². The van der Waals surface area contributed by atoms with Crippen molar-refractivity contribution in [2.75, 3.05) is 29.9 Å². The van der Waals surface area contributed by atoms with Crippen molar-refractivity contribution in [1.29, 1.82) is 0 Å². The number of aromatic nitrogens is 2. The second-order valence-electron chi connectivity index (χ2n) is 9.66. The number of hydrogen-bond acceptors (Lipinski definition) is 6. The Morgan fingerprint density at radius 3 is 2.47 bits per heavy atom. The highest BCUT2D eigenvalue weighted by atomic mass is 16.3. The first-order valence-electron chi connectivity index (χ1n) is 12.7. The number of fused-ring (bicyclic) bond motifs is 1. The number of benzene rings is 3. The maximum atomic E-state index is 11.1. The topological polar surface area (TPSA) is 64.5 Å². The number of hydrogen-bond donors (Lipinski definition) is 2. The van der Waals surface area contributed by atoms with Crippen LogP contribution in [0.4, 0.5) is 17.3 Å². The number of nitrogens with one attached hydrogen (secondary N) is 1. The number of piperidine rings is 1. The molecule has 0 bridgehead atoms. The lowest BCUT2D eigenvalue weighted by Gasteiger charge is -2.43. The van der Waals surface area contributed by atoms with Crippen molar-refractivity contribution in [3.63, 3.8) is 0 Å². The molecule has 0 radical (unpaired) electrons. The van der Waals surface area contributed by atoms with Gasteiger partial charge >= 0.3 is 0 Å². The summed E-state index contributed by atoms with van der Waals surface area (Å²) >= 11 is 0. The van der Waals surface area contributed by atoms with Crippen LogP contribution in [0.5, 0.6) is 0 Å². The van der Waals surface area contributed by atoms with E-state index in [0.29, 0.717) is 6.54 Å². The normalized spacial score (nSPS) is 20.1. The molecule has 3 heterocycles. The van der Waals surface area contributed by atoms with Crippen LogP contribution in [-0.2, 0) is 13.0 Å². The molecule has 2 aliphatic heterocycles. The molecule has 0 saturated carbocycles. The molecule has 1 aromatic heterocycles. The van der Waals surface area contributed by atoms with Gasteiger partial charge in [-0.2, -0.15) is 0 Å². The Labute approximate surface area is 212 Å². The van der Waals surface area contributed by atoms with Gasteiger partial charge in [-0.3, -0.25) is 4.90 Å². The van der Waals surface area contributed by atoms with Gasteiger partial charge in [0.25, 0.3) is 0 Å². The number of anilines is 3. The van der Waals surface area contributed by atoms with Crippen LogP contribution < -0.4 is 10.2 Å². The number of aliphatic hydroxyl groups excluding tert-OH is 1. The van der Waals surface area contributed by atoms with Gasteiger partial charge in [0, 0.05) is 49.5 Å².